The summed E-state index contributed by atoms with van der Waals surface area (Å²) in [5, 5.41) is 17.9. The maximum Gasteiger partial charge on any atom is 0.265 e. The average molecular weight is 369 g/mol. The zero-order chi connectivity index (χ0) is 16.4. The summed E-state index contributed by atoms with van der Waals surface area (Å²) in [7, 11) is 0. The normalized spacial score (nSPS) is 24.2. The van der Waals surface area contributed by atoms with Gasteiger partial charge in [-0.25, -0.2) is 0 Å². The van der Waals surface area contributed by atoms with E-state index in [9.17, 15) is 5.11 Å². The summed E-state index contributed by atoms with van der Waals surface area (Å²) in [4.78, 5) is 0. The van der Waals surface area contributed by atoms with E-state index in [0.717, 1.165) is 49.9 Å². The smallest absolute Gasteiger partial charge is 0.265 e. The summed E-state index contributed by atoms with van der Waals surface area (Å²) in [5.74, 6) is 1.79. The molecule has 1 aliphatic heterocycles. The molecule has 0 bridgehead atoms. The monoisotopic (exact) mass is 368 g/mol. The highest BCUT2D eigenvalue weighted by atomic mass is 35.5. The molecule has 2 N–H and O–H groups in total. The molecule has 7 heteroatoms. The number of nitrogens with one attached hydrogen (secondary N) is 1. The second-order valence-corrected chi connectivity index (χ2v) is 6.83. The van der Waals surface area contributed by atoms with Gasteiger partial charge in [0.15, 0.2) is 5.58 Å². The Hall–Kier alpha value is -1.50. The van der Waals surface area contributed by atoms with Crippen molar-refractivity contribution in [3.63, 3.8) is 0 Å². The summed E-state index contributed by atoms with van der Waals surface area (Å²) < 4.78 is 17.5. The Kier molecular flexibility index (Phi) is 6.04. The number of hydrogen-bond donors (Lipinski definition) is 2. The molecule has 1 aliphatic carbocycles. The van der Waals surface area contributed by atoms with Crippen LogP contribution in [-0.4, -0.2) is 42.2 Å². The van der Waals surface area contributed by atoms with Crippen LogP contribution in [0.15, 0.2) is 22.7 Å². The number of aliphatic hydroxyl groups is 1. The predicted molar refractivity (Wildman–Crippen MR) is 96.6 cm³/mol. The Morgan fingerprint density at radius 1 is 1.20 bits per heavy atom. The summed E-state index contributed by atoms with van der Waals surface area (Å²) in [6, 6.07) is 5.68. The molecule has 2 heterocycles. The lowest BCUT2D eigenvalue weighted by Gasteiger charge is -2.22. The van der Waals surface area contributed by atoms with Crippen molar-refractivity contribution in [2.75, 3.05) is 19.7 Å². The fourth-order valence-corrected chi connectivity index (χ4v) is 3.58. The summed E-state index contributed by atoms with van der Waals surface area (Å²) >= 11 is 0. The quantitative estimate of drug-likeness (QED) is 0.845. The van der Waals surface area contributed by atoms with E-state index in [0.29, 0.717) is 30.4 Å². The Bertz CT molecular complexity index is 687. The maximum atomic E-state index is 9.69. The van der Waals surface area contributed by atoms with E-state index >= 15 is 0 Å². The third-order valence-corrected chi connectivity index (χ3v) is 4.99. The highest BCUT2D eigenvalue weighted by Gasteiger charge is 2.26. The lowest BCUT2D eigenvalue weighted by atomic mass is 9.99. The molecular weight excluding hydrogens is 344 g/mol. The first-order valence-electron chi connectivity index (χ1n) is 8.86. The van der Waals surface area contributed by atoms with Crippen LogP contribution < -0.4 is 14.8 Å². The van der Waals surface area contributed by atoms with Crippen molar-refractivity contribution in [3.05, 3.63) is 18.2 Å². The second kappa shape index (κ2) is 8.25. The number of fused-ring (bicyclic) bond motifs is 1. The Labute approximate surface area is 153 Å². The highest BCUT2D eigenvalue weighted by molar-refractivity contribution is 5.88. The number of rotatable bonds is 5. The zero-order valence-corrected chi connectivity index (χ0v) is 15.0. The van der Waals surface area contributed by atoms with Gasteiger partial charge in [0, 0.05) is 6.42 Å². The van der Waals surface area contributed by atoms with E-state index in [2.05, 4.69) is 10.5 Å². The minimum atomic E-state index is -0.257. The third-order valence-electron chi connectivity index (χ3n) is 4.99. The summed E-state index contributed by atoms with van der Waals surface area (Å²) in [5.41, 5.74) is 0.673. The van der Waals surface area contributed by atoms with Crippen molar-refractivity contribution < 1.29 is 19.1 Å². The van der Waals surface area contributed by atoms with E-state index < -0.39 is 0 Å². The number of nitrogens with zero attached hydrogens (tertiary/aromatic N) is 1. The van der Waals surface area contributed by atoms with Crippen molar-refractivity contribution >= 4 is 23.4 Å². The van der Waals surface area contributed by atoms with Gasteiger partial charge in [-0.3, -0.25) is 0 Å². The molecule has 2 aliphatic rings. The van der Waals surface area contributed by atoms with E-state index in [-0.39, 0.29) is 24.6 Å². The highest BCUT2D eigenvalue weighted by Crippen LogP contribution is 2.36. The van der Waals surface area contributed by atoms with Crippen LogP contribution in [0.5, 0.6) is 11.6 Å². The van der Waals surface area contributed by atoms with Crippen LogP contribution in [0.25, 0.3) is 11.0 Å². The Morgan fingerprint density at radius 3 is 2.80 bits per heavy atom. The molecule has 138 valence electrons. The number of ether oxygens (including phenoxy) is 2. The average Bonchev–Trinajstić information content (AvgIpc) is 3.21. The van der Waals surface area contributed by atoms with Crippen LogP contribution in [0.3, 0.4) is 0 Å². The van der Waals surface area contributed by atoms with E-state index in [1.54, 1.807) is 0 Å². The molecule has 0 unspecified atom stereocenters. The molecule has 1 aromatic heterocycles. The molecule has 6 nitrogen and oxygen atoms in total. The molecule has 4 rings (SSSR count). The van der Waals surface area contributed by atoms with Gasteiger partial charge in [0.2, 0.25) is 0 Å². The molecule has 1 aromatic carbocycles. The van der Waals surface area contributed by atoms with Crippen molar-refractivity contribution in [2.24, 2.45) is 5.92 Å². The zero-order valence-electron chi connectivity index (χ0n) is 14.1. The summed E-state index contributed by atoms with van der Waals surface area (Å²) in [6.07, 6.45) is 4.37. The first-order valence-corrected chi connectivity index (χ1v) is 8.86. The number of piperidine rings is 1. The van der Waals surface area contributed by atoms with Gasteiger partial charge in [-0.1, -0.05) is 6.07 Å². The maximum absolute atomic E-state index is 9.69. The van der Waals surface area contributed by atoms with Crippen LogP contribution >= 0.6 is 12.4 Å². The van der Waals surface area contributed by atoms with E-state index in [1.165, 1.54) is 0 Å². The standard InChI is InChI=1S/C18H24N2O4.ClH/c21-13-4-5-14(10-13)23-15-2-1-3-16-17(15)18(20-24-16)22-11-12-6-8-19-9-7-12;/h1-3,12-14,19,21H,4-11H2;1H/t13-,14-;/m1./s1. The number of aliphatic hydroxyl groups excluding tert-OH is 1. The molecule has 1 saturated heterocycles. The van der Waals surface area contributed by atoms with Gasteiger partial charge in [0.05, 0.1) is 12.7 Å². The van der Waals surface area contributed by atoms with E-state index in [1.807, 2.05) is 18.2 Å². The number of hydrogen-bond acceptors (Lipinski definition) is 6. The van der Waals surface area contributed by atoms with Crippen LogP contribution in [0.4, 0.5) is 0 Å². The van der Waals surface area contributed by atoms with Gasteiger partial charge in [0.1, 0.15) is 17.2 Å². The minimum absolute atomic E-state index is 0. The predicted octanol–water partition coefficient (Wildman–Crippen LogP) is 2.92. The van der Waals surface area contributed by atoms with Crippen LogP contribution in [0.1, 0.15) is 32.1 Å². The van der Waals surface area contributed by atoms with Crippen molar-refractivity contribution in [1.29, 1.82) is 0 Å². The van der Waals surface area contributed by atoms with Gasteiger partial charge in [-0.15, -0.1) is 12.4 Å². The van der Waals surface area contributed by atoms with Crippen LogP contribution in [-0.2, 0) is 0 Å². The number of aromatic nitrogens is 1. The van der Waals surface area contributed by atoms with Gasteiger partial charge in [-0.05, 0) is 62.0 Å². The topological polar surface area (TPSA) is 76.8 Å². The van der Waals surface area contributed by atoms with Gasteiger partial charge >= 0.3 is 0 Å². The Morgan fingerprint density at radius 2 is 2.04 bits per heavy atom. The number of halogens is 1. The van der Waals surface area contributed by atoms with Gasteiger partial charge < -0.3 is 24.4 Å². The SMILES string of the molecule is Cl.O[C@@H]1CC[C@@H](Oc2cccc3onc(OCC4CCNCC4)c23)C1. The summed E-state index contributed by atoms with van der Waals surface area (Å²) in [6.45, 7) is 2.75. The molecule has 1 saturated carbocycles. The fourth-order valence-electron chi connectivity index (χ4n) is 3.58. The third kappa shape index (κ3) is 4.19. The lowest BCUT2D eigenvalue weighted by molar-refractivity contribution is 0.150. The molecule has 2 fully saturated rings. The molecule has 0 spiro atoms. The molecule has 2 aromatic rings. The number of benzene rings is 1. The van der Waals surface area contributed by atoms with Gasteiger partial charge in [-0.2, -0.15) is 0 Å². The molecule has 0 amide bonds. The van der Waals surface area contributed by atoms with Crippen molar-refractivity contribution in [1.82, 2.24) is 10.5 Å². The minimum Gasteiger partial charge on any atom is -0.489 e. The van der Waals surface area contributed by atoms with Crippen molar-refractivity contribution in [2.45, 2.75) is 44.3 Å². The fraction of sp³-hybridized carbons (Fsp3) is 0.611. The van der Waals surface area contributed by atoms with Crippen LogP contribution in [0.2, 0.25) is 0 Å². The molecular formula is C18H25ClN2O4. The molecule has 0 radical (unpaired) electrons. The second-order valence-electron chi connectivity index (χ2n) is 6.83. The molecule has 25 heavy (non-hydrogen) atoms. The Balaban J connectivity index is 0.00000182. The largest absolute Gasteiger partial charge is 0.489 e. The lowest BCUT2D eigenvalue weighted by Crippen LogP contribution is -2.30. The van der Waals surface area contributed by atoms with Gasteiger partial charge in [0.25, 0.3) is 5.88 Å². The van der Waals surface area contributed by atoms with E-state index in [4.69, 9.17) is 14.0 Å². The first-order chi connectivity index (χ1) is 11.8. The first kappa shape index (κ1) is 18.3. The van der Waals surface area contributed by atoms with Crippen molar-refractivity contribution in [3.8, 4) is 11.6 Å². The molecule has 2 atom stereocenters. The van der Waals surface area contributed by atoms with Crippen LogP contribution in [0, 0.1) is 5.92 Å².